The average Bonchev–Trinajstić information content (AvgIpc) is 2.66. The topological polar surface area (TPSA) is 23.5 Å². The number of nitrogens with zero attached hydrogens (tertiary/aromatic N) is 1. The molecule has 18 heavy (non-hydrogen) atoms. The molecule has 0 unspecified atom stereocenters. The Kier molecular flexibility index (Phi) is 4.90. The van der Waals surface area contributed by atoms with E-state index in [1.165, 1.54) is 38.5 Å². The molecule has 100 valence electrons. The summed E-state index contributed by atoms with van der Waals surface area (Å²) in [7, 11) is 2.11. The van der Waals surface area contributed by atoms with Crippen molar-refractivity contribution in [2.24, 2.45) is 0 Å². The molecular formula is C15H22ClNO. The van der Waals surface area contributed by atoms with Crippen LogP contribution in [0.5, 0.6) is 0 Å². The summed E-state index contributed by atoms with van der Waals surface area (Å²) in [6.07, 6.45) is 7.75. The van der Waals surface area contributed by atoms with E-state index in [-0.39, 0.29) is 6.61 Å². The Hall–Kier alpha value is -0.730. The predicted octanol–water partition coefficient (Wildman–Crippen LogP) is 3.99. The van der Waals surface area contributed by atoms with Crippen molar-refractivity contribution in [2.45, 2.75) is 51.2 Å². The van der Waals surface area contributed by atoms with Crippen molar-refractivity contribution < 1.29 is 5.11 Å². The maximum Gasteiger partial charge on any atom is 0.0702 e. The Bertz CT molecular complexity index is 386. The molecule has 0 atom stereocenters. The molecule has 1 N–H and O–H groups in total. The highest BCUT2D eigenvalue weighted by Gasteiger charge is 2.20. The van der Waals surface area contributed by atoms with Crippen molar-refractivity contribution in [2.75, 3.05) is 11.9 Å². The lowest BCUT2D eigenvalue weighted by molar-refractivity contribution is 0.282. The van der Waals surface area contributed by atoms with Crippen LogP contribution in [-0.4, -0.2) is 18.2 Å². The first-order valence-corrected chi connectivity index (χ1v) is 7.23. The van der Waals surface area contributed by atoms with Crippen LogP contribution < -0.4 is 4.90 Å². The van der Waals surface area contributed by atoms with Crippen LogP contribution in [0, 0.1) is 0 Å². The van der Waals surface area contributed by atoms with Crippen LogP contribution in [0.1, 0.15) is 44.1 Å². The summed E-state index contributed by atoms with van der Waals surface area (Å²) in [5.41, 5.74) is 1.93. The lowest BCUT2D eigenvalue weighted by atomic mass is 10.1. The molecule has 3 heteroatoms. The van der Waals surface area contributed by atoms with Gasteiger partial charge in [0.15, 0.2) is 0 Å². The molecular weight excluding hydrogens is 246 g/mol. The summed E-state index contributed by atoms with van der Waals surface area (Å²) in [6, 6.07) is 6.31. The van der Waals surface area contributed by atoms with E-state index in [0.29, 0.717) is 6.04 Å². The van der Waals surface area contributed by atoms with Gasteiger partial charge in [-0.2, -0.15) is 0 Å². The molecule has 0 bridgehead atoms. The van der Waals surface area contributed by atoms with Crippen molar-refractivity contribution in [3.63, 3.8) is 0 Å². The van der Waals surface area contributed by atoms with Crippen LogP contribution in [0.15, 0.2) is 18.2 Å². The highest BCUT2D eigenvalue weighted by atomic mass is 35.5. The maximum absolute atomic E-state index is 9.46. The fourth-order valence-electron chi connectivity index (χ4n) is 2.91. The zero-order chi connectivity index (χ0) is 13.0. The van der Waals surface area contributed by atoms with Gasteiger partial charge in [-0.3, -0.25) is 0 Å². The Morgan fingerprint density at radius 3 is 2.50 bits per heavy atom. The van der Waals surface area contributed by atoms with E-state index in [1.807, 2.05) is 18.2 Å². The van der Waals surface area contributed by atoms with E-state index in [0.717, 1.165) is 16.3 Å². The average molecular weight is 268 g/mol. The summed E-state index contributed by atoms with van der Waals surface area (Å²) in [6.45, 7) is 0.0486. The molecule has 0 radical (unpaired) electrons. The Labute approximate surface area is 115 Å². The van der Waals surface area contributed by atoms with Gasteiger partial charge in [0.05, 0.1) is 17.3 Å². The summed E-state index contributed by atoms with van der Waals surface area (Å²) in [5.74, 6) is 0. The van der Waals surface area contributed by atoms with Gasteiger partial charge < -0.3 is 10.0 Å². The predicted molar refractivity (Wildman–Crippen MR) is 77.3 cm³/mol. The number of hydrogen-bond acceptors (Lipinski definition) is 2. The summed E-state index contributed by atoms with van der Waals surface area (Å²) >= 11 is 6.31. The number of aliphatic hydroxyl groups excluding tert-OH is 1. The van der Waals surface area contributed by atoms with Gasteiger partial charge in [0.1, 0.15) is 0 Å². The molecule has 0 heterocycles. The number of aliphatic hydroxyl groups is 1. The van der Waals surface area contributed by atoms with Crippen LogP contribution in [0.25, 0.3) is 0 Å². The van der Waals surface area contributed by atoms with Crippen molar-refractivity contribution in [1.29, 1.82) is 0 Å². The Morgan fingerprint density at radius 1 is 1.22 bits per heavy atom. The van der Waals surface area contributed by atoms with E-state index in [1.54, 1.807) is 0 Å². The number of benzene rings is 1. The Balaban J connectivity index is 2.23. The van der Waals surface area contributed by atoms with Crippen molar-refractivity contribution >= 4 is 17.3 Å². The van der Waals surface area contributed by atoms with E-state index in [9.17, 15) is 5.11 Å². The number of hydrogen-bond donors (Lipinski definition) is 1. The molecule has 0 aliphatic heterocycles. The first kappa shape index (κ1) is 13.7. The number of rotatable bonds is 3. The first-order chi connectivity index (χ1) is 8.74. The van der Waals surface area contributed by atoms with Gasteiger partial charge in [-0.1, -0.05) is 49.4 Å². The minimum absolute atomic E-state index is 0.0486. The van der Waals surface area contributed by atoms with E-state index in [2.05, 4.69) is 11.9 Å². The molecule has 0 spiro atoms. The van der Waals surface area contributed by atoms with Crippen LogP contribution in [0.4, 0.5) is 5.69 Å². The molecule has 2 nitrogen and oxygen atoms in total. The second kappa shape index (κ2) is 6.44. The quantitative estimate of drug-likeness (QED) is 0.837. The Morgan fingerprint density at radius 2 is 1.89 bits per heavy atom. The molecule has 0 aromatic heterocycles. The second-order valence-corrected chi connectivity index (χ2v) is 5.57. The highest BCUT2D eigenvalue weighted by Crippen LogP contribution is 2.33. The lowest BCUT2D eigenvalue weighted by Gasteiger charge is -2.31. The molecule has 0 amide bonds. The first-order valence-electron chi connectivity index (χ1n) is 6.85. The SMILES string of the molecule is CN(c1c(Cl)cccc1CO)C1CCCCCC1. The van der Waals surface area contributed by atoms with Gasteiger partial charge in [-0.25, -0.2) is 0 Å². The molecule has 1 aliphatic carbocycles. The van der Waals surface area contributed by atoms with Gasteiger partial charge in [-0.15, -0.1) is 0 Å². The normalized spacial score (nSPS) is 17.5. The van der Waals surface area contributed by atoms with Crippen LogP contribution in [-0.2, 0) is 6.61 Å². The van der Waals surface area contributed by atoms with E-state index in [4.69, 9.17) is 11.6 Å². The fraction of sp³-hybridized carbons (Fsp3) is 0.600. The van der Waals surface area contributed by atoms with Gasteiger partial charge in [-0.05, 0) is 18.9 Å². The minimum atomic E-state index is 0.0486. The third-order valence-corrected chi connectivity index (χ3v) is 4.27. The monoisotopic (exact) mass is 267 g/mol. The maximum atomic E-state index is 9.46. The van der Waals surface area contributed by atoms with Gasteiger partial charge >= 0.3 is 0 Å². The molecule has 1 saturated carbocycles. The number of para-hydroxylation sites is 1. The molecule has 0 saturated heterocycles. The smallest absolute Gasteiger partial charge is 0.0702 e. The molecule has 1 aliphatic rings. The fourth-order valence-corrected chi connectivity index (χ4v) is 3.24. The molecule has 1 aromatic rings. The van der Waals surface area contributed by atoms with Gasteiger partial charge in [0.25, 0.3) is 0 Å². The van der Waals surface area contributed by atoms with E-state index < -0.39 is 0 Å². The zero-order valence-electron chi connectivity index (χ0n) is 11.0. The summed E-state index contributed by atoms with van der Waals surface area (Å²) in [4.78, 5) is 2.28. The zero-order valence-corrected chi connectivity index (χ0v) is 11.8. The second-order valence-electron chi connectivity index (χ2n) is 5.16. The van der Waals surface area contributed by atoms with E-state index >= 15 is 0 Å². The number of halogens is 1. The number of anilines is 1. The molecule has 1 aromatic carbocycles. The third kappa shape index (κ3) is 2.99. The highest BCUT2D eigenvalue weighted by molar-refractivity contribution is 6.33. The summed E-state index contributed by atoms with van der Waals surface area (Å²) in [5, 5.41) is 10.2. The van der Waals surface area contributed by atoms with Crippen molar-refractivity contribution in [3.05, 3.63) is 28.8 Å². The minimum Gasteiger partial charge on any atom is -0.392 e. The molecule has 1 fully saturated rings. The van der Waals surface area contributed by atoms with Crippen molar-refractivity contribution in [3.8, 4) is 0 Å². The van der Waals surface area contributed by atoms with Crippen LogP contribution >= 0.6 is 11.6 Å². The van der Waals surface area contributed by atoms with Gasteiger partial charge in [0.2, 0.25) is 0 Å². The van der Waals surface area contributed by atoms with Gasteiger partial charge in [0, 0.05) is 18.7 Å². The lowest BCUT2D eigenvalue weighted by Crippen LogP contribution is -2.32. The van der Waals surface area contributed by atoms with Crippen LogP contribution in [0.2, 0.25) is 5.02 Å². The molecule has 2 rings (SSSR count). The third-order valence-electron chi connectivity index (χ3n) is 3.97. The summed E-state index contributed by atoms with van der Waals surface area (Å²) < 4.78 is 0. The standard InChI is InChI=1S/C15H22ClNO/c1-17(13-8-4-2-3-5-9-13)15-12(11-18)7-6-10-14(15)16/h6-7,10,13,18H,2-5,8-9,11H2,1H3. The van der Waals surface area contributed by atoms with Crippen LogP contribution in [0.3, 0.4) is 0 Å². The largest absolute Gasteiger partial charge is 0.392 e. The van der Waals surface area contributed by atoms with Crippen molar-refractivity contribution in [1.82, 2.24) is 0 Å².